The molecule has 1 amide bonds. The highest BCUT2D eigenvalue weighted by Gasteiger charge is 2.19. The molecule has 110 valence electrons. The minimum Gasteiger partial charge on any atom is -0.351 e. The molecule has 1 heterocycles. The molecule has 0 radical (unpaired) electrons. The van der Waals surface area contributed by atoms with Crippen molar-refractivity contribution in [1.82, 2.24) is 15.2 Å². The molecule has 0 bridgehead atoms. The molecule has 0 spiro atoms. The van der Waals surface area contributed by atoms with Crippen LogP contribution in [0.2, 0.25) is 10.3 Å². The first-order valence-corrected chi connectivity index (χ1v) is 7.64. The second-order valence-corrected chi connectivity index (χ2v) is 5.89. The average Bonchev–Trinajstić information content (AvgIpc) is 2.92. The summed E-state index contributed by atoms with van der Waals surface area (Å²) in [6, 6.07) is 3.81. The lowest BCUT2D eigenvalue weighted by atomic mass is 10.2. The molecule has 20 heavy (non-hydrogen) atoms. The zero-order chi connectivity index (χ0) is 14.5. The standard InChI is InChI=1S/C14H19Cl2N3O/c1-19(10-4-2-3-5-10)9-8-17-14(20)11-6-7-12(15)18-13(11)16/h6-7,10H,2-5,8-9H2,1H3,(H,17,20). The van der Waals surface area contributed by atoms with Gasteiger partial charge in [0.15, 0.2) is 0 Å². The molecule has 1 aliphatic carbocycles. The van der Waals surface area contributed by atoms with E-state index in [4.69, 9.17) is 23.2 Å². The Hall–Kier alpha value is -0.840. The largest absolute Gasteiger partial charge is 0.351 e. The second kappa shape index (κ2) is 7.25. The highest BCUT2D eigenvalue weighted by Crippen LogP contribution is 2.22. The molecule has 1 fully saturated rings. The lowest BCUT2D eigenvalue weighted by molar-refractivity contribution is 0.0947. The Morgan fingerprint density at radius 1 is 1.40 bits per heavy atom. The summed E-state index contributed by atoms with van der Waals surface area (Å²) in [6.07, 6.45) is 5.15. The summed E-state index contributed by atoms with van der Waals surface area (Å²) in [5.74, 6) is -0.209. The number of pyridine rings is 1. The van der Waals surface area contributed by atoms with Crippen molar-refractivity contribution < 1.29 is 4.79 Å². The van der Waals surface area contributed by atoms with Crippen molar-refractivity contribution in [3.8, 4) is 0 Å². The van der Waals surface area contributed by atoms with Crippen LogP contribution in [0.25, 0.3) is 0 Å². The van der Waals surface area contributed by atoms with Crippen LogP contribution in [0, 0.1) is 0 Å². The van der Waals surface area contributed by atoms with Gasteiger partial charge in [-0.2, -0.15) is 0 Å². The Bertz CT molecular complexity index is 475. The predicted molar refractivity (Wildman–Crippen MR) is 81.5 cm³/mol. The summed E-state index contributed by atoms with van der Waals surface area (Å²) >= 11 is 11.6. The minimum atomic E-state index is -0.209. The first-order chi connectivity index (χ1) is 9.58. The van der Waals surface area contributed by atoms with Gasteiger partial charge in [0.1, 0.15) is 10.3 Å². The van der Waals surface area contributed by atoms with E-state index in [1.165, 1.54) is 25.7 Å². The number of hydrogen-bond acceptors (Lipinski definition) is 3. The predicted octanol–water partition coefficient (Wildman–Crippen LogP) is 2.99. The van der Waals surface area contributed by atoms with Gasteiger partial charge < -0.3 is 10.2 Å². The van der Waals surface area contributed by atoms with Crippen molar-refractivity contribution in [2.75, 3.05) is 20.1 Å². The van der Waals surface area contributed by atoms with E-state index in [0.29, 0.717) is 18.2 Å². The van der Waals surface area contributed by atoms with Gasteiger partial charge in [-0.05, 0) is 32.0 Å². The second-order valence-electron chi connectivity index (χ2n) is 5.15. The Kier molecular flexibility index (Phi) is 5.64. The van der Waals surface area contributed by atoms with Crippen LogP contribution in [0.1, 0.15) is 36.0 Å². The summed E-state index contributed by atoms with van der Waals surface area (Å²) in [4.78, 5) is 18.2. The van der Waals surface area contributed by atoms with E-state index >= 15 is 0 Å². The third-order valence-electron chi connectivity index (χ3n) is 3.76. The molecule has 0 atom stereocenters. The first kappa shape index (κ1) is 15.5. The fraction of sp³-hybridized carbons (Fsp3) is 0.571. The summed E-state index contributed by atoms with van der Waals surface area (Å²) in [6.45, 7) is 1.44. The van der Waals surface area contributed by atoms with Gasteiger partial charge in [-0.25, -0.2) is 4.98 Å². The molecule has 2 rings (SSSR count). The van der Waals surface area contributed by atoms with Crippen molar-refractivity contribution in [3.05, 3.63) is 28.0 Å². The Morgan fingerprint density at radius 2 is 2.10 bits per heavy atom. The lowest BCUT2D eigenvalue weighted by Gasteiger charge is -2.23. The van der Waals surface area contributed by atoms with Crippen LogP contribution >= 0.6 is 23.2 Å². The number of rotatable bonds is 5. The normalized spacial score (nSPS) is 15.8. The van der Waals surface area contributed by atoms with Crippen LogP contribution in [0.4, 0.5) is 0 Å². The number of likely N-dealkylation sites (N-methyl/N-ethyl adjacent to an activating group) is 1. The molecule has 1 saturated carbocycles. The van der Waals surface area contributed by atoms with Crippen LogP contribution in [0.5, 0.6) is 0 Å². The van der Waals surface area contributed by atoms with E-state index < -0.39 is 0 Å². The minimum absolute atomic E-state index is 0.138. The van der Waals surface area contributed by atoms with Crippen LogP contribution in [0.3, 0.4) is 0 Å². The fourth-order valence-electron chi connectivity index (χ4n) is 2.55. The smallest absolute Gasteiger partial charge is 0.254 e. The van der Waals surface area contributed by atoms with Crippen molar-refractivity contribution in [3.63, 3.8) is 0 Å². The summed E-state index contributed by atoms with van der Waals surface area (Å²) in [5, 5.41) is 3.29. The Morgan fingerprint density at radius 3 is 2.75 bits per heavy atom. The number of nitrogens with one attached hydrogen (secondary N) is 1. The maximum absolute atomic E-state index is 12.0. The number of amides is 1. The van der Waals surface area contributed by atoms with E-state index in [1.807, 2.05) is 0 Å². The quantitative estimate of drug-likeness (QED) is 0.850. The van der Waals surface area contributed by atoms with E-state index in [-0.39, 0.29) is 16.2 Å². The summed E-state index contributed by atoms with van der Waals surface area (Å²) < 4.78 is 0. The Balaban J connectivity index is 1.80. The number of aromatic nitrogens is 1. The number of nitrogens with zero attached hydrogens (tertiary/aromatic N) is 2. The monoisotopic (exact) mass is 315 g/mol. The lowest BCUT2D eigenvalue weighted by Crippen LogP contribution is -2.37. The maximum atomic E-state index is 12.0. The van der Waals surface area contributed by atoms with E-state index in [9.17, 15) is 4.79 Å². The van der Waals surface area contributed by atoms with E-state index in [1.54, 1.807) is 12.1 Å². The summed E-state index contributed by atoms with van der Waals surface area (Å²) in [5.41, 5.74) is 0.361. The van der Waals surface area contributed by atoms with Crippen LogP contribution in [-0.2, 0) is 0 Å². The molecule has 1 aromatic rings. The highest BCUT2D eigenvalue weighted by atomic mass is 35.5. The SMILES string of the molecule is CN(CCNC(=O)c1ccc(Cl)nc1Cl)C1CCCC1. The molecule has 4 nitrogen and oxygen atoms in total. The van der Waals surface area contributed by atoms with Crippen LogP contribution in [-0.4, -0.2) is 42.0 Å². The van der Waals surface area contributed by atoms with Crippen LogP contribution in [0.15, 0.2) is 12.1 Å². The molecule has 0 aliphatic heterocycles. The Labute approximate surface area is 129 Å². The van der Waals surface area contributed by atoms with Crippen molar-refractivity contribution in [2.24, 2.45) is 0 Å². The molecule has 1 aromatic heterocycles. The molecule has 0 unspecified atom stereocenters. The van der Waals surface area contributed by atoms with Gasteiger partial charge in [-0.1, -0.05) is 36.0 Å². The molecule has 1 N–H and O–H groups in total. The third kappa shape index (κ3) is 4.08. The van der Waals surface area contributed by atoms with Gasteiger partial charge >= 0.3 is 0 Å². The topological polar surface area (TPSA) is 45.2 Å². The van der Waals surface area contributed by atoms with E-state index in [2.05, 4.69) is 22.2 Å². The zero-order valence-corrected chi connectivity index (χ0v) is 13.0. The van der Waals surface area contributed by atoms with Gasteiger partial charge in [0.05, 0.1) is 5.56 Å². The summed E-state index contributed by atoms with van der Waals surface area (Å²) in [7, 11) is 2.11. The zero-order valence-electron chi connectivity index (χ0n) is 11.5. The third-order valence-corrected chi connectivity index (χ3v) is 4.26. The molecule has 0 aromatic carbocycles. The molecule has 6 heteroatoms. The van der Waals surface area contributed by atoms with Crippen LogP contribution < -0.4 is 5.32 Å². The van der Waals surface area contributed by atoms with Crippen molar-refractivity contribution in [1.29, 1.82) is 0 Å². The van der Waals surface area contributed by atoms with Gasteiger partial charge in [-0.15, -0.1) is 0 Å². The van der Waals surface area contributed by atoms with Gasteiger partial charge in [0.25, 0.3) is 5.91 Å². The van der Waals surface area contributed by atoms with Crippen molar-refractivity contribution >= 4 is 29.1 Å². The number of hydrogen-bond donors (Lipinski definition) is 1. The number of halogens is 2. The van der Waals surface area contributed by atoms with Gasteiger partial charge in [0.2, 0.25) is 0 Å². The maximum Gasteiger partial charge on any atom is 0.254 e. The van der Waals surface area contributed by atoms with Gasteiger partial charge in [0, 0.05) is 19.1 Å². The first-order valence-electron chi connectivity index (χ1n) is 6.88. The average molecular weight is 316 g/mol. The van der Waals surface area contributed by atoms with Crippen molar-refractivity contribution in [2.45, 2.75) is 31.7 Å². The molecular weight excluding hydrogens is 297 g/mol. The fourth-order valence-corrected chi connectivity index (χ4v) is 2.98. The number of carbonyl (C=O) groups is 1. The number of carbonyl (C=O) groups excluding carboxylic acids is 1. The molecule has 1 aliphatic rings. The molecular formula is C14H19Cl2N3O. The highest BCUT2D eigenvalue weighted by molar-refractivity contribution is 6.34. The molecule has 0 saturated heterocycles. The van der Waals surface area contributed by atoms with E-state index in [0.717, 1.165) is 6.54 Å². The van der Waals surface area contributed by atoms with Gasteiger partial charge in [-0.3, -0.25) is 4.79 Å².